The number of hydrogen-bond acceptors (Lipinski definition) is 3. The second-order valence-electron chi connectivity index (χ2n) is 6.67. The zero-order valence-electron chi connectivity index (χ0n) is 13.5. The van der Waals surface area contributed by atoms with Gasteiger partial charge in [-0.3, -0.25) is 4.79 Å². The molecule has 3 rings (SSSR count). The molecule has 1 fully saturated rings. The predicted molar refractivity (Wildman–Crippen MR) is 93.2 cm³/mol. The summed E-state index contributed by atoms with van der Waals surface area (Å²) in [5.41, 5.74) is 2.94. The number of benzene rings is 1. The van der Waals surface area contributed by atoms with Crippen LogP contribution in [0.5, 0.6) is 0 Å². The number of amides is 1. The van der Waals surface area contributed by atoms with Crippen molar-refractivity contribution in [2.75, 3.05) is 24.6 Å². The van der Waals surface area contributed by atoms with E-state index in [-0.39, 0.29) is 5.92 Å². The lowest BCUT2D eigenvalue weighted by Crippen LogP contribution is -2.39. The van der Waals surface area contributed by atoms with Crippen LogP contribution >= 0.6 is 11.8 Å². The Morgan fingerprint density at radius 3 is 3.00 bits per heavy atom. The third-order valence-corrected chi connectivity index (χ3v) is 5.72. The number of fused-ring (bicyclic) bond motifs is 1. The fraction of sp³-hybridized carbons (Fsp3) is 0.611. The highest BCUT2D eigenvalue weighted by molar-refractivity contribution is 7.99. The summed E-state index contributed by atoms with van der Waals surface area (Å²) in [4.78, 5) is 14.2. The Morgan fingerprint density at radius 1 is 1.36 bits per heavy atom. The molecule has 1 aromatic rings. The van der Waals surface area contributed by atoms with Crippen LogP contribution in [0.3, 0.4) is 0 Å². The molecule has 3 nitrogen and oxygen atoms in total. The smallest absolute Gasteiger partial charge is 0.225 e. The van der Waals surface area contributed by atoms with Gasteiger partial charge in [0.25, 0.3) is 0 Å². The molecule has 2 atom stereocenters. The molecule has 0 aromatic heterocycles. The third kappa shape index (κ3) is 3.49. The van der Waals surface area contributed by atoms with E-state index in [1.807, 2.05) is 30.5 Å². The molecule has 22 heavy (non-hydrogen) atoms. The van der Waals surface area contributed by atoms with E-state index in [1.165, 1.54) is 23.3 Å². The third-order valence-electron chi connectivity index (χ3n) is 4.66. The molecule has 0 aliphatic carbocycles. The number of carbonyl (C=O) groups excluding carboxylic acids is 1. The summed E-state index contributed by atoms with van der Waals surface area (Å²) in [6.07, 6.45) is 2.24. The minimum Gasteiger partial charge on any atom is -0.341 e. The largest absolute Gasteiger partial charge is 0.341 e. The molecule has 1 saturated heterocycles. The number of carbonyl (C=O) groups is 1. The summed E-state index contributed by atoms with van der Waals surface area (Å²) in [6.45, 7) is 5.74. The Kier molecular flexibility index (Phi) is 5.09. The van der Waals surface area contributed by atoms with Crippen molar-refractivity contribution >= 4 is 17.7 Å². The van der Waals surface area contributed by atoms with Crippen LogP contribution in [-0.4, -0.2) is 41.4 Å². The Bertz CT molecular complexity index is 532. The number of likely N-dealkylation sites (tertiary alicyclic amines) is 1. The lowest BCUT2D eigenvalue weighted by Gasteiger charge is -2.24. The van der Waals surface area contributed by atoms with Crippen molar-refractivity contribution in [1.29, 1.82) is 0 Å². The first-order valence-electron chi connectivity index (χ1n) is 8.35. The monoisotopic (exact) mass is 318 g/mol. The van der Waals surface area contributed by atoms with Gasteiger partial charge in [-0.15, -0.1) is 0 Å². The van der Waals surface area contributed by atoms with Crippen molar-refractivity contribution < 1.29 is 4.79 Å². The molecular formula is C18H26N2OS. The normalized spacial score (nSPS) is 25.1. The van der Waals surface area contributed by atoms with Crippen molar-refractivity contribution in [2.24, 2.45) is 5.92 Å². The molecule has 2 aliphatic heterocycles. The summed E-state index contributed by atoms with van der Waals surface area (Å²) in [6, 6.07) is 9.67. The molecule has 120 valence electrons. The van der Waals surface area contributed by atoms with Gasteiger partial charge in [0.2, 0.25) is 5.91 Å². The molecular weight excluding hydrogens is 292 g/mol. The first-order chi connectivity index (χ1) is 10.6. The van der Waals surface area contributed by atoms with Gasteiger partial charge in [0.15, 0.2) is 0 Å². The van der Waals surface area contributed by atoms with Crippen molar-refractivity contribution in [3.8, 4) is 0 Å². The van der Waals surface area contributed by atoms with Gasteiger partial charge < -0.3 is 10.2 Å². The van der Waals surface area contributed by atoms with Gasteiger partial charge in [-0.25, -0.2) is 0 Å². The Hall–Kier alpha value is -1.00. The minimum absolute atomic E-state index is 0.105. The highest BCUT2D eigenvalue weighted by Gasteiger charge is 2.30. The van der Waals surface area contributed by atoms with E-state index in [1.54, 1.807) is 0 Å². The van der Waals surface area contributed by atoms with Crippen LogP contribution in [0.4, 0.5) is 0 Å². The van der Waals surface area contributed by atoms with E-state index < -0.39 is 0 Å². The van der Waals surface area contributed by atoms with E-state index in [9.17, 15) is 4.79 Å². The maximum atomic E-state index is 12.1. The van der Waals surface area contributed by atoms with Crippen LogP contribution in [-0.2, 0) is 11.2 Å². The van der Waals surface area contributed by atoms with Crippen molar-refractivity contribution in [1.82, 2.24) is 10.2 Å². The molecule has 0 bridgehead atoms. The Morgan fingerprint density at radius 2 is 2.18 bits per heavy atom. The fourth-order valence-electron chi connectivity index (χ4n) is 3.46. The van der Waals surface area contributed by atoms with Gasteiger partial charge in [-0.2, -0.15) is 11.8 Å². The summed E-state index contributed by atoms with van der Waals surface area (Å²) in [7, 11) is 0. The maximum Gasteiger partial charge on any atom is 0.225 e. The number of rotatable bonds is 3. The molecule has 1 N–H and O–H groups in total. The summed E-state index contributed by atoms with van der Waals surface area (Å²) >= 11 is 2.03. The average molecular weight is 318 g/mol. The zero-order valence-corrected chi connectivity index (χ0v) is 14.4. The molecule has 0 saturated carbocycles. The summed E-state index contributed by atoms with van der Waals surface area (Å²) in [5.74, 6) is 2.73. The molecule has 2 aliphatic rings. The zero-order chi connectivity index (χ0) is 15.5. The minimum atomic E-state index is 0.105. The highest BCUT2D eigenvalue weighted by Crippen LogP contribution is 2.28. The fourth-order valence-corrected chi connectivity index (χ4v) is 4.50. The van der Waals surface area contributed by atoms with Crippen LogP contribution in [0.15, 0.2) is 24.3 Å². The van der Waals surface area contributed by atoms with Gasteiger partial charge in [0.05, 0.1) is 0 Å². The standard InChI is InChI=1S/C18H26N2OS/c1-13(2)18(21)20-9-7-15(11-20)19-17-12-22-10-8-14-5-3-4-6-16(14)17/h3-6,13,15,17,19H,7-12H2,1-2H3/t15-,17+/m1/s1. The highest BCUT2D eigenvalue weighted by atomic mass is 32.2. The lowest BCUT2D eigenvalue weighted by molar-refractivity contribution is -0.133. The number of nitrogens with one attached hydrogen (secondary N) is 1. The molecule has 0 unspecified atom stereocenters. The van der Waals surface area contributed by atoms with E-state index in [2.05, 4.69) is 29.6 Å². The van der Waals surface area contributed by atoms with Gasteiger partial charge in [-0.05, 0) is 29.7 Å². The molecule has 1 amide bonds. The van der Waals surface area contributed by atoms with Gasteiger partial charge >= 0.3 is 0 Å². The molecule has 1 aromatic carbocycles. The number of nitrogens with zero attached hydrogens (tertiary/aromatic N) is 1. The lowest BCUT2D eigenvalue weighted by atomic mass is 9.99. The van der Waals surface area contributed by atoms with Crippen LogP contribution in [0.1, 0.15) is 37.4 Å². The quantitative estimate of drug-likeness (QED) is 0.930. The van der Waals surface area contributed by atoms with Crippen LogP contribution < -0.4 is 5.32 Å². The molecule has 4 heteroatoms. The summed E-state index contributed by atoms with van der Waals surface area (Å²) in [5, 5.41) is 3.82. The van der Waals surface area contributed by atoms with E-state index >= 15 is 0 Å². The van der Waals surface area contributed by atoms with E-state index in [0.29, 0.717) is 18.0 Å². The Balaban J connectivity index is 1.65. The van der Waals surface area contributed by atoms with Gasteiger partial charge in [0.1, 0.15) is 0 Å². The summed E-state index contributed by atoms with van der Waals surface area (Å²) < 4.78 is 0. The molecule has 0 spiro atoms. The topological polar surface area (TPSA) is 32.3 Å². The molecule has 2 heterocycles. The SMILES string of the molecule is CC(C)C(=O)N1CC[C@@H](N[C@H]2CSCCc3ccccc32)C1. The number of hydrogen-bond donors (Lipinski definition) is 1. The number of thioether (sulfide) groups is 1. The van der Waals surface area contributed by atoms with E-state index in [4.69, 9.17) is 0 Å². The number of aryl methyl sites for hydroxylation is 1. The van der Waals surface area contributed by atoms with Crippen LogP contribution in [0, 0.1) is 5.92 Å². The maximum absolute atomic E-state index is 12.1. The van der Waals surface area contributed by atoms with Crippen LogP contribution in [0.25, 0.3) is 0 Å². The van der Waals surface area contributed by atoms with Crippen molar-refractivity contribution in [3.05, 3.63) is 35.4 Å². The molecule has 0 radical (unpaired) electrons. The Labute approximate surface area is 137 Å². The van der Waals surface area contributed by atoms with E-state index in [0.717, 1.165) is 25.3 Å². The second kappa shape index (κ2) is 7.05. The van der Waals surface area contributed by atoms with Gasteiger partial charge in [0, 0.05) is 36.8 Å². The average Bonchev–Trinajstić information content (AvgIpc) is 2.88. The van der Waals surface area contributed by atoms with Gasteiger partial charge in [-0.1, -0.05) is 38.1 Å². The van der Waals surface area contributed by atoms with Crippen LogP contribution in [0.2, 0.25) is 0 Å². The van der Waals surface area contributed by atoms with Crippen molar-refractivity contribution in [2.45, 2.75) is 38.8 Å². The first-order valence-corrected chi connectivity index (χ1v) is 9.51. The van der Waals surface area contributed by atoms with Crippen molar-refractivity contribution in [3.63, 3.8) is 0 Å². The second-order valence-corrected chi connectivity index (χ2v) is 7.82. The predicted octanol–water partition coefficient (Wildman–Crippen LogP) is 2.86. The first kappa shape index (κ1) is 15.9.